The Balaban J connectivity index is 2.07. The molecule has 1 aromatic rings. The average Bonchev–Trinajstić information content (AvgIpc) is 2.77. The van der Waals surface area contributed by atoms with E-state index in [1.807, 2.05) is 12.1 Å². The number of carbonyl (C=O) groups excluding carboxylic acids is 1. The topological polar surface area (TPSA) is 49.6 Å². The molecule has 1 atom stereocenters. The smallest absolute Gasteiger partial charge is 0.221 e. The molecule has 1 aliphatic heterocycles. The van der Waals surface area contributed by atoms with Crippen LogP contribution in [0.4, 0.5) is 5.69 Å². The summed E-state index contributed by atoms with van der Waals surface area (Å²) in [5.74, 6) is -0.278. The molecule has 18 heavy (non-hydrogen) atoms. The first-order valence-electron chi connectivity index (χ1n) is 6.35. The van der Waals surface area contributed by atoms with Gasteiger partial charge in [0.05, 0.1) is 6.42 Å². The third kappa shape index (κ3) is 3.01. The van der Waals surface area contributed by atoms with E-state index in [-0.39, 0.29) is 5.91 Å². The molecule has 0 radical (unpaired) electrons. The highest BCUT2D eigenvalue weighted by atomic mass is 16.1. The number of likely N-dealkylation sites (N-methyl/N-ethyl adjacent to an activating group) is 1. The Morgan fingerprint density at radius 2 is 2.28 bits per heavy atom. The van der Waals surface area contributed by atoms with E-state index in [4.69, 9.17) is 5.73 Å². The summed E-state index contributed by atoms with van der Waals surface area (Å²) in [5.41, 5.74) is 7.42. The van der Waals surface area contributed by atoms with Crippen molar-refractivity contribution in [3.05, 3.63) is 29.8 Å². The molecule has 0 saturated carbocycles. The zero-order valence-corrected chi connectivity index (χ0v) is 11.1. The quantitative estimate of drug-likeness (QED) is 0.858. The van der Waals surface area contributed by atoms with Gasteiger partial charge in [-0.05, 0) is 38.2 Å². The van der Waals surface area contributed by atoms with Gasteiger partial charge in [0.15, 0.2) is 0 Å². The van der Waals surface area contributed by atoms with Crippen LogP contribution < -0.4 is 10.6 Å². The molecule has 2 rings (SSSR count). The molecule has 2 N–H and O–H groups in total. The second-order valence-electron chi connectivity index (χ2n) is 5.17. The Morgan fingerprint density at radius 3 is 2.89 bits per heavy atom. The van der Waals surface area contributed by atoms with Gasteiger partial charge in [-0.2, -0.15) is 0 Å². The van der Waals surface area contributed by atoms with Crippen LogP contribution >= 0.6 is 0 Å². The minimum Gasteiger partial charge on any atom is -0.370 e. The summed E-state index contributed by atoms with van der Waals surface area (Å²) in [7, 11) is 4.25. The first kappa shape index (κ1) is 12.9. The first-order valence-corrected chi connectivity index (χ1v) is 6.35. The van der Waals surface area contributed by atoms with Crippen molar-refractivity contribution >= 4 is 11.6 Å². The first-order chi connectivity index (χ1) is 8.56. The maximum Gasteiger partial charge on any atom is 0.221 e. The number of benzene rings is 1. The molecule has 98 valence electrons. The maximum absolute atomic E-state index is 10.9. The number of nitrogens with zero attached hydrogens (tertiary/aromatic N) is 2. The van der Waals surface area contributed by atoms with E-state index in [0.717, 1.165) is 18.7 Å². The van der Waals surface area contributed by atoms with Crippen LogP contribution in [-0.4, -0.2) is 44.0 Å². The monoisotopic (exact) mass is 247 g/mol. The standard InChI is InChI=1S/C14H21N3O/c1-16(2)13-6-7-17(10-13)12-5-3-4-11(8-12)9-14(15)18/h3-5,8,13H,6-7,9-10H2,1-2H3,(H2,15,18). The SMILES string of the molecule is CN(C)C1CCN(c2cccc(CC(N)=O)c2)C1. The molecule has 1 aliphatic rings. The largest absolute Gasteiger partial charge is 0.370 e. The second-order valence-corrected chi connectivity index (χ2v) is 5.17. The average molecular weight is 247 g/mol. The van der Waals surface area contributed by atoms with Gasteiger partial charge in [-0.1, -0.05) is 12.1 Å². The Bertz CT molecular complexity index is 431. The van der Waals surface area contributed by atoms with E-state index in [1.54, 1.807) is 0 Å². The lowest BCUT2D eigenvalue weighted by Gasteiger charge is -2.22. The number of amides is 1. The highest BCUT2D eigenvalue weighted by Gasteiger charge is 2.24. The van der Waals surface area contributed by atoms with Crippen molar-refractivity contribution in [2.75, 3.05) is 32.1 Å². The fraction of sp³-hybridized carbons (Fsp3) is 0.500. The summed E-state index contributed by atoms with van der Waals surface area (Å²) < 4.78 is 0. The van der Waals surface area contributed by atoms with Crippen LogP contribution in [0.25, 0.3) is 0 Å². The summed E-state index contributed by atoms with van der Waals surface area (Å²) >= 11 is 0. The predicted molar refractivity (Wildman–Crippen MR) is 73.6 cm³/mol. The van der Waals surface area contributed by atoms with E-state index >= 15 is 0 Å². The number of hydrogen-bond acceptors (Lipinski definition) is 3. The van der Waals surface area contributed by atoms with Crippen LogP contribution in [0, 0.1) is 0 Å². The molecule has 1 heterocycles. The Kier molecular flexibility index (Phi) is 3.87. The van der Waals surface area contributed by atoms with Gasteiger partial charge in [-0.3, -0.25) is 4.79 Å². The lowest BCUT2D eigenvalue weighted by Crippen LogP contribution is -2.31. The normalized spacial score (nSPS) is 19.5. The molecule has 1 unspecified atom stereocenters. The Morgan fingerprint density at radius 1 is 1.50 bits per heavy atom. The molecule has 1 fully saturated rings. The fourth-order valence-electron chi connectivity index (χ4n) is 2.46. The van der Waals surface area contributed by atoms with E-state index in [1.165, 1.54) is 12.1 Å². The summed E-state index contributed by atoms with van der Waals surface area (Å²) in [6, 6.07) is 8.74. The van der Waals surface area contributed by atoms with Crippen LogP contribution in [0.5, 0.6) is 0 Å². The molecule has 1 amide bonds. The molecular weight excluding hydrogens is 226 g/mol. The maximum atomic E-state index is 10.9. The van der Waals surface area contributed by atoms with Crippen molar-refractivity contribution < 1.29 is 4.79 Å². The van der Waals surface area contributed by atoms with E-state index in [2.05, 4.69) is 36.0 Å². The number of rotatable bonds is 4. The summed E-state index contributed by atoms with van der Waals surface area (Å²) in [6.45, 7) is 2.12. The van der Waals surface area contributed by atoms with Crippen molar-refractivity contribution in [1.82, 2.24) is 4.90 Å². The van der Waals surface area contributed by atoms with Crippen LogP contribution in [0.15, 0.2) is 24.3 Å². The predicted octanol–water partition coefficient (Wildman–Crippen LogP) is 0.855. The van der Waals surface area contributed by atoms with Gasteiger partial charge in [0.2, 0.25) is 5.91 Å². The van der Waals surface area contributed by atoms with Crippen LogP contribution in [-0.2, 0) is 11.2 Å². The third-order valence-corrected chi connectivity index (χ3v) is 3.55. The molecule has 0 bridgehead atoms. The molecule has 0 aliphatic carbocycles. The molecule has 4 heteroatoms. The van der Waals surface area contributed by atoms with E-state index < -0.39 is 0 Å². The third-order valence-electron chi connectivity index (χ3n) is 3.55. The molecule has 0 aromatic heterocycles. The molecule has 1 aromatic carbocycles. The van der Waals surface area contributed by atoms with Gasteiger partial charge < -0.3 is 15.5 Å². The highest BCUT2D eigenvalue weighted by molar-refractivity contribution is 5.77. The number of anilines is 1. The van der Waals surface area contributed by atoms with Crippen molar-refractivity contribution in [2.24, 2.45) is 5.73 Å². The lowest BCUT2D eigenvalue weighted by molar-refractivity contribution is -0.117. The zero-order valence-electron chi connectivity index (χ0n) is 11.1. The van der Waals surface area contributed by atoms with Crippen molar-refractivity contribution in [2.45, 2.75) is 18.9 Å². The van der Waals surface area contributed by atoms with Crippen LogP contribution in [0.1, 0.15) is 12.0 Å². The van der Waals surface area contributed by atoms with Gasteiger partial charge >= 0.3 is 0 Å². The summed E-state index contributed by atoms with van der Waals surface area (Å²) in [6.07, 6.45) is 1.51. The zero-order chi connectivity index (χ0) is 13.1. The Labute approximate surface area is 108 Å². The Hall–Kier alpha value is -1.55. The van der Waals surface area contributed by atoms with Gasteiger partial charge in [0.25, 0.3) is 0 Å². The van der Waals surface area contributed by atoms with E-state index in [9.17, 15) is 4.79 Å². The highest BCUT2D eigenvalue weighted by Crippen LogP contribution is 2.23. The summed E-state index contributed by atoms with van der Waals surface area (Å²) in [4.78, 5) is 15.6. The molecule has 1 saturated heterocycles. The van der Waals surface area contributed by atoms with Crippen LogP contribution in [0.3, 0.4) is 0 Å². The molecular formula is C14H21N3O. The number of nitrogens with two attached hydrogens (primary N) is 1. The number of carbonyl (C=O) groups is 1. The molecule has 0 spiro atoms. The van der Waals surface area contributed by atoms with Gasteiger partial charge in [0.1, 0.15) is 0 Å². The number of hydrogen-bond donors (Lipinski definition) is 1. The minimum atomic E-state index is -0.278. The van der Waals surface area contributed by atoms with Crippen molar-refractivity contribution in [3.8, 4) is 0 Å². The molecule has 4 nitrogen and oxygen atoms in total. The number of primary amides is 1. The fourth-order valence-corrected chi connectivity index (χ4v) is 2.46. The summed E-state index contributed by atoms with van der Waals surface area (Å²) in [5, 5.41) is 0. The van der Waals surface area contributed by atoms with Crippen molar-refractivity contribution in [3.63, 3.8) is 0 Å². The second kappa shape index (κ2) is 5.40. The van der Waals surface area contributed by atoms with E-state index in [0.29, 0.717) is 12.5 Å². The van der Waals surface area contributed by atoms with Crippen LogP contribution in [0.2, 0.25) is 0 Å². The minimum absolute atomic E-state index is 0.278. The van der Waals surface area contributed by atoms with Gasteiger partial charge in [-0.15, -0.1) is 0 Å². The van der Waals surface area contributed by atoms with Gasteiger partial charge in [-0.25, -0.2) is 0 Å². The lowest BCUT2D eigenvalue weighted by atomic mass is 10.1. The van der Waals surface area contributed by atoms with Gasteiger partial charge in [0, 0.05) is 24.8 Å². The van der Waals surface area contributed by atoms with Crippen molar-refractivity contribution in [1.29, 1.82) is 0 Å².